The molecule has 0 aliphatic heterocycles. The van der Waals surface area contributed by atoms with E-state index >= 15 is 0 Å². The SMILES string of the molecule is CC(=O)C=CC(F)(F)F. The Labute approximate surface area is 50.2 Å². The third kappa shape index (κ3) is 7.20. The Hall–Kier alpha value is -0.800. The standard InChI is InChI=1S/C5H5F3O/c1-4(9)2-3-5(6,7)8/h2-3H,1H3. The summed E-state index contributed by atoms with van der Waals surface area (Å²) in [7, 11) is 0. The molecular formula is C5H5F3O. The molecule has 0 aromatic heterocycles. The number of hydrogen-bond donors (Lipinski definition) is 0. The molecule has 0 radical (unpaired) electrons. The molecule has 0 rings (SSSR count). The van der Waals surface area contributed by atoms with Gasteiger partial charge in [-0.25, -0.2) is 0 Å². The number of carbonyl (C=O) groups excluding carboxylic acids is 1. The van der Waals surface area contributed by atoms with E-state index in [0.717, 1.165) is 6.92 Å². The zero-order valence-electron chi connectivity index (χ0n) is 4.70. The minimum Gasteiger partial charge on any atom is -0.295 e. The van der Waals surface area contributed by atoms with Crippen LogP contribution >= 0.6 is 0 Å². The van der Waals surface area contributed by atoms with Crippen molar-refractivity contribution in [3.63, 3.8) is 0 Å². The van der Waals surface area contributed by atoms with E-state index < -0.39 is 12.0 Å². The van der Waals surface area contributed by atoms with E-state index in [1.165, 1.54) is 0 Å². The van der Waals surface area contributed by atoms with Crippen molar-refractivity contribution >= 4 is 5.78 Å². The normalized spacial score (nSPS) is 12.4. The molecule has 1 nitrogen and oxygen atoms in total. The molecule has 0 aliphatic rings. The molecule has 0 N–H and O–H groups in total. The monoisotopic (exact) mass is 138 g/mol. The van der Waals surface area contributed by atoms with Gasteiger partial charge in [0.2, 0.25) is 0 Å². The van der Waals surface area contributed by atoms with Crippen LogP contribution in [0.15, 0.2) is 12.2 Å². The summed E-state index contributed by atoms with van der Waals surface area (Å²) >= 11 is 0. The smallest absolute Gasteiger partial charge is 0.295 e. The van der Waals surface area contributed by atoms with E-state index in [2.05, 4.69) is 0 Å². The first-order valence-electron chi connectivity index (χ1n) is 2.18. The lowest BCUT2D eigenvalue weighted by molar-refractivity contribution is -0.113. The maximum absolute atomic E-state index is 11.2. The molecule has 0 aliphatic carbocycles. The first-order chi connectivity index (χ1) is 3.92. The van der Waals surface area contributed by atoms with Gasteiger partial charge in [0.05, 0.1) is 0 Å². The Bertz CT molecular complexity index is 134. The van der Waals surface area contributed by atoms with Crippen LogP contribution in [0, 0.1) is 0 Å². The average Bonchev–Trinajstić information content (AvgIpc) is 1.59. The lowest BCUT2D eigenvalue weighted by atomic mass is 10.4. The molecular weight excluding hydrogens is 133 g/mol. The highest BCUT2D eigenvalue weighted by Crippen LogP contribution is 2.15. The molecule has 52 valence electrons. The summed E-state index contributed by atoms with van der Waals surface area (Å²) in [6.07, 6.45) is -3.97. The maximum Gasteiger partial charge on any atom is 0.409 e. The van der Waals surface area contributed by atoms with E-state index in [-0.39, 0.29) is 6.08 Å². The first-order valence-corrected chi connectivity index (χ1v) is 2.18. The van der Waals surface area contributed by atoms with Crippen molar-refractivity contribution in [3.05, 3.63) is 12.2 Å². The first kappa shape index (κ1) is 8.20. The number of ketones is 1. The zero-order chi connectivity index (χ0) is 7.49. The lowest BCUT2D eigenvalue weighted by Gasteiger charge is -1.94. The molecule has 0 unspecified atom stereocenters. The molecule has 0 atom stereocenters. The van der Waals surface area contributed by atoms with Crippen LogP contribution in [-0.4, -0.2) is 12.0 Å². The second-order valence-corrected chi connectivity index (χ2v) is 1.49. The van der Waals surface area contributed by atoms with Crippen LogP contribution in [0.25, 0.3) is 0 Å². The van der Waals surface area contributed by atoms with Crippen LogP contribution in [0.4, 0.5) is 13.2 Å². The van der Waals surface area contributed by atoms with Crippen LogP contribution in [0.3, 0.4) is 0 Å². The highest BCUT2D eigenvalue weighted by atomic mass is 19.4. The fourth-order valence-corrected chi connectivity index (χ4v) is 0.212. The third-order valence-electron chi connectivity index (χ3n) is 0.507. The van der Waals surface area contributed by atoms with Crippen molar-refractivity contribution in [2.24, 2.45) is 0 Å². The van der Waals surface area contributed by atoms with Gasteiger partial charge in [-0.3, -0.25) is 4.79 Å². The topological polar surface area (TPSA) is 17.1 Å². The van der Waals surface area contributed by atoms with E-state index in [1.54, 1.807) is 0 Å². The molecule has 0 bridgehead atoms. The Morgan fingerprint density at radius 3 is 2.00 bits per heavy atom. The summed E-state index contributed by atoms with van der Waals surface area (Å²) in [5.74, 6) is -0.604. The molecule has 0 fully saturated rings. The zero-order valence-corrected chi connectivity index (χ0v) is 4.70. The number of rotatable bonds is 1. The van der Waals surface area contributed by atoms with Crippen molar-refractivity contribution in [1.82, 2.24) is 0 Å². The van der Waals surface area contributed by atoms with Gasteiger partial charge in [0.1, 0.15) is 0 Å². The Kier molecular flexibility index (Phi) is 2.42. The van der Waals surface area contributed by atoms with Gasteiger partial charge in [0.15, 0.2) is 5.78 Å². The van der Waals surface area contributed by atoms with Crippen LogP contribution in [0.1, 0.15) is 6.92 Å². The van der Waals surface area contributed by atoms with Crippen molar-refractivity contribution in [2.75, 3.05) is 0 Å². The molecule has 0 aromatic carbocycles. The highest BCUT2D eigenvalue weighted by molar-refractivity contribution is 5.87. The van der Waals surface area contributed by atoms with Crippen LogP contribution in [0.2, 0.25) is 0 Å². The maximum atomic E-state index is 11.2. The molecule has 0 spiro atoms. The number of carbonyl (C=O) groups is 1. The molecule has 4 heteroatoms. The predicted octanol–water partition coefficient (Wildman–Crippen LogP) is 1.69. The van der Waals surface area contributed by atoms with Gasteiger partial charge in [-0.2, -0.15) is 13.2 Å². The number of hydrogen-bond acceptors (Lipinski definition) is 1. The summed E-state index contributed by atoms with van der Waals surface area (Å²) in [4.78, 5) is 9.90. The summed E-state index contributed by atoms with van der Waals surface area (Å²) in [6.45, 7) is 1.06. The molecule has 0 amide bonds. The quantitative estimate of drug-likeness (QED) is 0.504. The lowest BCUT2D eigenvalue weighted by Crippen LogP contribution is -2.01. The van der Waals surface area contributed by atoms with E-state index in [0.29, 0.717) is 6.08 Å². The molecule has 0 saturated carbocycles. The average molecular weight is 138 g/mol. The van der Waals surface area contributed by atoms with Crippen molar-refractivity contribution in [3.8, 4) is 0 Å². The number of allylic oxidation sites excluding steroid dienone is 2. The molecule has 0 saturated heterocycles. The van der Waals surface area contributed by atoms with Gasteiger partial charge in [0.25, 0.3) is 0 Å². The third-order valence-corrected chi connectivity index (χ3v) is 0.507. The largest absolute Gasteiger partial charge is 0.409 e. The fourth-order valence-electron chi connectivity index (χ4n) is 0.212. The van der Waals surface area contributed by atoms with Crippen LogP contribution in [0.5, 0.6) is 0 Å². The van der Waals surface area contributed by atoms with E-state index in [4.69, 9.17) is 0 Å². The van der Waals surface area contributed by atoms with Gasteiger partial charge in [-0.05, 0) is 13.0 Å². The summed E-state index contributed by atoms with van der Waals surface area (Å²) in [6, 6.07) is 0. The Morgan fingerprint density at radius 1 is 1.44 bits per heavy atom. The number of alkyl halides is 3. The summed E-state index contributed by atoms with van der Waals surface area (Å²) < 4.78 is 33.5. The minimum absolute atomic E-state index is 0.0880. The van der Waals surface area contributed by atoms with Gasteiger partial charge >= 0.3 is 6.18 Å². The molecule has 0 heterocycles. The second kappa shape index (κ2) is 2.66. The predicted molar refractivity (Wildman–Crippen MR) is 25.9 cm³/mol. The van der Waals surface area contributed by atoms with Gasteiger partial charge < -0.3 is 0 Å². The van der Waals surface area contributed by atoms with Gasteiger partial charge in [0, 0.05) is 6.08 Å². The summed E-state index contributed by atoms with van der Waals surface area (Å²) in [5.41, 5.74) is 0. The van der Waals surface area contributed by atoms with Crippen LogP contribution < -0.4 is 0 Å². The number of halogens is 3. The molecule has 0 aromatic rings. The van der Waals surface area contributed by atoms with E-state index in [9.17, 15) is 18.0 Å². The highest BCUT2D eigenvalue weighted by Gasteiger charge is 2.21. The van der Waals surface area contributed by atoms with Crippen molar-refractivity contribution in [1.29, 1.82) is 0 Å². The van der Waals surface area contributed by atoms with Gasteiger partial charge in [-0.1, -0.05) is 0 Å². The Morgan fingerprint density at radius 2 is 1.89 bits per heavy atom. The summed E-state index contributed by atoms with van der Waals surface area (Å²) in [5, 5.41) is 0. The fraction of sp³-hybridized carbons (Fsp3) is 0.400. The second-order valence-electron chi connectivity index (χ2n) is 1.49. The van der Waals surface area contributed by atoms with Crippen molar-refractivity contribution < 1.29 is 18.0 Å². The van der Waals surface area contributed by atoms with E-state index in [1.807, 2.05) is 0 Å². The van der Waals surface area contributed by atoms with Crippen LogP contribution in [-0.2, 0) is 4.79 Å². The molecule has 9 heavy (non-hydrogen) atoms. The minimum atomic E-state index is -4.37. The van der Waals surface area contributed by atoms with Gasteiger partial charge in [-0.15, -0.1) is 0 Å². The van der Waals surface area contributed by atoms with Crippen molar-refractivity contribution in [2.45, 2.75) is 13.1 Å². The Balaban J connectivity index is 3.86.